The molecular formula is C16H23NO4. The second-order valence-electron chi connectivity index (χ2n) is 5.38. The first kappa shape index (κ1) is 17.0. The molecule has 0 bridgehead atoms. The Labute approximate surface area is 125 Å². The molecular weight excluding hydrogens is 270 g/mol. The van der Waals surface area contributed by atoms with E-state index >= 15 is 0 Å². The molecule has 1 amide bonds. The first-order valence-electron chi connectivity index (χ1n) is 7.02. The Balaban J connectivity index is 2.62. The van der Waals surface area contributed by atoms with Crippen molar-refractivity contribution in [3.63, 3.8) is 0 Å². The number of benzene rings is 1. The number of carbonyl (C=O) groups is 2. The van der Waals surface area contributed by atoms with Gasteiger partial charge in [0.1, 0.15) is 5.75 Å². The predicted molar refractivity (Wildman–Crippen MR) is 80.5 cm³/mol. The summed E-state index contributed by atoms with van der Waals surface area (Å²) in [6, 6.07) is 5.70. The number of carboxylic acid groups (broad SMARTS) is 1. The van der Waals surface area contributed by atoms with Crippen molar-refractivity contribution in [1.29, 1.82) is 0 Å². The number of rotatable bonds is 7. The highest BCUT2D eigenvalue weighted by molar-refractivity contribution is 5.78. The number of ether oxygens (including phenoxy) is 1. The van der Waals surface area contributed by atoms with Crippen LogP contribution in [0.25, 0.3) is 0 Å². The number of aliphatic carboxylic acids is 1. The van der Waals surface area contributed by atoms with Crippen LogP contribution in [0.2, 0.25) is 0 Å². The van der Waals surface area contributed by atoms with Gasteiger partial charge in [0.15, 0.2) is 6.61 Å². The van der Waals surface area contributed by atoms with Crippen molar-refractivity contribution in [2.75, 3.05) is 13.2 Å². The standard InChI is InChI=1S/C16H23NO4/c1-11(2)17(8-7-16(19)20)15(18)10-21-14-6-5-12(3)9-13(14)4/h5-6,9,11H,7-8,10H2,1-4H3,(H,19,20). The van der Waals surface area contributed by atoms with Crippen LogP contribution < -0.4 is 4.74 Å². The molecule has 0 aromatic heterocycles. The van der Waals surface area contributed by atoms with Crippen LogP contribution in [0.4, 0.5) is 0 Å². The van der Waals surface area contributed by atoms with Gasteiger partial charge in [-0.1, -0.05) is 17.7 Å². The summed E-state index contributed by atoms with van der Waals surface area (Å²) in [7, 11) is 0. The maximum Gasteiger partial charge on any atom is 0.305 e. The lowest BCUT2D eigenvalue weighted by Gasteiger charge is -2.26. The Bertz CT molecular complexity index is 511. The Morgan fingerprint density at radius 3 is 2.48 bits per heavy atom. The molecule has 0 saturated heterocycles. The number of carboxylic acids is 1. The summed E-state index contributed by atoms with van der Waals surface area (Å²) in [5, 5.41) is 8.73. The zero-order valence-electron chi connectivity index (χ0n) is 13.0. The average molecular weight is 293 g/mol. The van der Waals surface area contributed by atoms with Crippen molar-refractivity contribution in [3.8, 4) is 5.75 Å². The molecule has 21 heavy (non-hydrogen) atoms. The summed E-state index contributed by atoms with van der Waals surface area (Å²) in [6.07, 6.45) is -0.0620. The van der Waals surface area contributed by atoms with Crippen LogP contribution in [-0.4, -0.2) is 41.1 Å². The molecule has 0 spiro atoms. The van der Waals surface area contributed by atoms with E-state index in [0.717, 1.165) is 11.1 Å². The quantitative estimate of drug-likeness (QED) is 0.838. The minimum atomic E-state index is -0.913. The highest BCUT2D eigenvalue weighted by atomic mass is 16.5. The zero-order chi connectivity index (χ0) is 16.0. The van der Waals surface area contributed by atoms with Crippen LogP contribution in [0.3, 0.4) is 0 Å². The number of amides is 1. The predicted octanol–water partition coefficient (Wildman–Crippen LogP) is 2.39. The number of hydrogen-bond donors (Lipinski definition) is 1. The molecule has 116 valence electrons. The molecule has 0 unspecified atom stereocenters. The Kier molecular flexibility index (Phi) is 6.21. The number of aryl methyl sites for hydroxylation is 2. The van der Waals surface area contributed by atoms with Crippen LogP contribution in [-0.2, 0) is 9.59 Å². The Morgan fingerprint density at radius 1 is 1.29 bits per heavy atom. The van der Waals surface area contributed by atoms with Crippen molar-refractivity contribution in [2.45, 2.75) is 40.2 Å². The largest absolute Gasteiger partial charge is 0.484 e. The highest BCUT2D eigenvalue weighted by Gasteiger charge is 2.18. The maximum absolute atomic E-state index is 12.2. The van der Waals surface area contributed by atoms with E-state index in [1.807, 2.05) is 45.9 Å². The molecule has 0 radical (unpaired) electrons. The second kappa shape index (κ2) is 7.67. The molecule has 0 aliphatic heterocycles. The van der Waals surface area contributed by atoms with Crippen molar-refractivity contribution in [3.05, 3.63) is 29.3 Å². The second-order valence-corrected chi connectivity index (χ2v) is 5.38. The summed E-state index contributed by atoms with van der Waals surface area (Å²) < 4.78 is 5.55. The van der Waals surface area contributed by atoms with Gasteiger partial charge in [-0.05, 0) is 39.3 Å². The van der Waals surface area contributed by atoms with Gasteiger partial charge in [-0.15, -0.1) is 0 Å². The van der Waals surface area contributed by atoms with Crippen LogP contribution in [0.5, 0.6) is 5.75 Å². The fourth-order valence-corrected chi connectivity index (χ4v) is 2.07. The van der Waals surface area contributed by atoms with Crippen molar-refractivity contribution in [1.82, 2.24) is 4.90 Å². The van der Waals surface area contributed by atoms with Gasteiger partial charge in [-0.3, -0.25) is 9.59 Å². The molecule has 0 fully saturated rings. The topological polar surface area (TPSA) is 66.8 Å². The van der Waals surface area contributed by atoms with Gasteiger partial charge >= 0.3 is 5.97 Å². The minimum absolute atomic E-state index is 0.0560. The van der Waals surface area contributed by atoms with E-state index < -0.39 is 5.97 Å². The van der Waals surface area contributed by atoms with Crippen LogP contribution in [0, 0.1) is 13.8 Å². The molecule has 0 heterocycles. The fraction of sp³-hybridized carbons (Fsp3) is 0.500. The number of carbonyl (C=O) groups excluding carboxylic acids is 1. The Morgan fingerprint density at radius 2 is 1.95 bits per heavy atom. The fourth-order valence-electron chi connectivity index (χ4n) is 2.07. The molecule has 5 nitrogen and oxygen atoms in total. The molecule has 0 atom stereocenters. The van der Waals surface area contributed by atoms with Crippen molar-refractivity contribution >= 4 is 11.9 Å². The molecule has 1 rings (SSSR count). The normalized spacial score (nSPS) is 10.5. The SMILES string of the molecule is Cc1ccc(OCC(=O)N(CCC(=O)O)C(C)C)c(C)c1. The Hall–Kier alpha value is -2.04. The van der Waals surface area contributed by atoms with Gasteiger partial charge in [0.2, 0.25) is 0 Å². The van der Waals surface area contributed by atoms with E-state index in [-0.39, 0.29) is 31.5 Å². The summed E-state index contributed by atoms with van der Waals surface area (Å²) in [5.41, 5.74) is 2.11. The van der Waals surface area contributed by atoms with Gasteiger partial charge in [0, 0.05) is 12.6 Å². The summed E-state index contributed by atoms with van der Waals surface area (Å²) in [6.45, 7) is 7.75. The number of nitrogens with zero attached hydrogens (tertiary/aromatic N) is 1. The molecule has 1 aromatic carbocycles. The lowest BCUT2D eigenvalue weighted by atomic mass is 10.1. The smallest absolute Gasteiger partial charge is 0.305 e. The van der Waals surface area contributed by atoms with E-state index in [0.29, 0.717) is 5.75 Å². The number of hydrogen-bond acceptors (Lipinski definition) is 3. The lowest BCUT2D eigenvalue weighted by molar-refractivity contribution is -0.139. The highest BCUT2D eigenvalue weighted by Crippen LogP contribution is 2.18. The third-order valence-corrected chi connectivity index (χ3v) is 3.19. The van der Waals surface area contributed by atoms with E-state index in [9.17, 15) is 9.59 Å². The zero-order valence-corrected chi connectivity index (χ0v) is 13.0. The van der Waals surface area contributed by atoms with Gasteiger partial charge in [-0.2, -0.15) is 0 Å². The van der Waals surface area contributed by atoms with E-state index in [2.05, 4.69) is 0 Å². The first-order chi connectivity index (χ1) is 9.81. The first-order valence-corrected chi connectivity index (χ1v) is 7.02. The third-order valence-electron chi connectivity index (χ3n) is 3.19. The monoisotopic (exact) mass is 293 g/mol. The van der Waals surface area contributed by atoms with E-state index in [1.165, 1.54) is 4.90 Å². The van der Waals surface area contributed by atoms with Crippen LogP contribution in [0.1, 0.15) is 31.4 Å². The third kappa shape index (κ3) is 5.45. The molecule has 1 N–H and O–H groups in total. The molecule has 0 aliphatic rings. The van der Waals surface area contributed by atoms with Gasteiger partial charge in [0.05, 0.1) is 6.42 Å². The van der Waals surface area contributed by atoms with Gasteiger partial charge < -0.3 is 14.7 Å². The summed E-state index contributed by atoms with van der Waals surface area (Å²) in [5.74, 6) is -0.439. The summed E-state index contributed by atoms with van der Waals surface area (Å²) >= 11 is 0. The van der Waals surface area contributed by atoms with E-state index in [4.69, 9.17) is 9.84 Å². The lowest BCUT2D eigenvalue weighted by Crippen LogP contribution is -2.41. The van der Waals surface area contributed by atoms with Gasteiger partial charge in [-0.25, -0.2) is 0 Å². The molecule has 1 aromatic rings. The molecule has 0 aliphatic carbocycles. The van der Waals surface area contributed by atoms with E-state index in [1.54, 1.807) is 0 Å². The van der Waals surface area contributed by atoms with Crippen molar-refractivity contribution in [2.24, 2.45) is 0 Å². The molecule has 0 saturated carbocycles. The summed E-state index contributed by atoms with van der Waals surface area (Å²) in [4.78, 5) is 24.3. The average Bonchev–Trinajstić information content (AvgIpc) is 2.37. The minimum Gasteiger partial charge on any atom is -0.484 e. The maximum atomic E-state index is 12.2. The van der Waals surface area contributed by atoms with Crippen molar-refractivity contribution < 1.29 is 19.4 Å². The van der Waals surface area contributed by atoms with Crippen LogP contribution in [0.15, 0.2) is 18.2 Å². The molecule has 5 heteroatoms. The van der Waals surface area contributed by atoms with Gasteiger partial charge in [0.25, 0.3) is 5.91 Å². The van der Waals surface area contributed by atoms with Crippen LogP contribution >= 0.6 is 0 Å².